The molecule has 1 aromatic heterocycles. The molecule has 1 amide bonds. The minimum Gasteiger partial charge on any atom is -0.478 e. The molecule has 0 aliphatic heterocycles. The van der Waals surface area contributed by atoms with Crippen molar-refractivity contribution in [2.45, 2.75) is 53.6 Å². The third kappa shape index (κ3) is 4.98. The maximum atomic E-state index is 12.6. The van der Waals surface area contributed by atoms with Gasteiger partial charge in [-0.25, -0.2) is 4.98 Å². The van der Waals surface area contributed by atoms with E-state index in [1.54, 1.807) is 6.07 Å². The summed E-state index contributed by atoms with van der Waals surface area (Å²) in [6, 6.07) is 3.57. The molecular formula is C17H28N2O3. The zero-order chi connectivity index (χ0) is 16.8. The van der Waals surface area contributed by atoms with Gasteiger partial charge >= 0.3 is 0 Å². The Balaban J connectivity index is 2.89. The Morgan fingerprint density at radius 1 is 1.32 bits per heavy atom. The molecule has 5 nitrogen and oxygen atoms in total. The van der Waals surface area contributed by atoms with E-state index in [1.165, 1.54) is 0 Å². The molecule has 0 spiro atoms. The van der Waals surface area contributed by atoms with Gasteiger partial charge in [-0.1, -0.05) is 13.8 Å². The summed E-state index contributed by atoms with van der Waals surface area (Å²) in [7, 11) is 0. The van der Waals surface area contributed by atoms with E-state index in [-0.39, 0.29) is 5.91 Å². The fourth-order valence-electron chi connectivity index (χ4n) is 2.47. The minimum absolute atomic E-state index is 0.142. The molecule has 1 aromatic rings. The summed E-state index contributed by atoms with van der Waals surface area (Å²) < 4.78 is 11.1. The van der Waals surface area contributed by atoms with Gasteiger partial charge in [0, 0.05) is 12.7 Å². The number of hydrogen-bond donors (Lipinski definition) is 1. The summed E-state index contributed by atoms with van der Waals surface area (Å²) in [5.74, 6) is 0.784. The first-order valence-electron chi connectivity index (χ1n) is 7.88. The highest BCUT2D eigenvalue weighted by Gasteiger charge is 2.35. The van der Waals surface area contributed by atoms with Crippen molar-refractivity contribution in [3.63, 3.8) is 0 Å². The molecule has 0 fully saturated rings. The van der Waals surface area contributed by atoms with Crippen LogP contribution in [-0.2, 0) is 9.53 Å². The quantitative estimate of drug-likeness (QED) is 0.797. The fourth-order valence-corrected chi connectivity index (χ4v) is 2.47. The number of anilines is 1. The molecule has 1 heterocycles. The van der Waals surface area contributed by atoms with Crippen molar-refractivity contribution in [3.8, 4) is 5.88 Å². The Bertz CT molecular complexity index is 503. The van der Waals surface area contributed by atoms with E-state index in [1.807, 2.05) is 33.8 Å². The van der Waals surface area contributed by atoms with Gasteiger partial charge in [0.25, 0.3) is 5.91 Å². The number of amides is 1. The van der Waals surface area contributed by atoms with Crippen LogP contribution in [0.15, 0.2) is 12.1 Å². The van der Waals surface area contributed by atoms with Crippen LogP contribution in [0.1, 0.15) is 46.7 Å². The smallest absolute Gasteiger partial charge is 0.256 e. The van der Waals surface area contributed by atoms with Crippen molar-refractivity contribution in [2.24, 2.45) is 5.92 Å². The van der Waals surface area contributed by atoms with E-state index in [0.717, 1.165) is 5.69 Å². The molecule has 1 unspecified atom stereocenters. The van der Waals surface area contributed by atoms with Crippen molar-refractivity contribution in [3.05, 3.63) is 17.8 Å². The summed E-state index contributed by atoms with van der Waals surface area (Å²) in [6.07, 6.45) is 0.663. The molecule has 0 bridgehead atoms. The second-order valence-corrected chi connectivity index (χ2v) is 5.93. The number of carbonyl (C=O) groups excluding carboxylic acids is 1. The van der Waals surface area contributed by atoms with Crippen LogP contribution < -0.4 is 10.1 Å². The molecule has 0 aliphatic carbocycles. The summed E-state index contributed by atoms with van der Waals surface area (Å²) in [5, 5.41) is 2.93. The second kappa shape index (κ2) is 8.13. The number of carbonyl (C=O) groups is 1. The van der Waals surface area contributed by atoms with Crippen LogP contribution in [0.5, 0.6) is 5.88 Å². The molecule has 5 heteroatoms. The van der Waals surface area contributed by atoms with Gasteiger partial charge in [-0.05, 0) is 46.1 Å². The fraction of sp³-hybridized carbons (Fsp3) is 0.647. The van der Waals surface area contributed by atoms with Crippen LogP contribution in [0.3, 0.4) is 0 Å². The van der Waals surface area contributed by atoms with Crippen molar-refractivity contribution in [1.82, 2.24) is 4.98 Å². The molecule has 0 radical (unpaired) electrons. The number of rotatable bonds is 8. The molecule has 124 valence electrons. The first-order valence-corrected chi connectivity index (χ1v) is 7.88. The summed E-state index contributed by atoms with van der Waals surface area (Å²) in [4.78, 5) is 17.0. The lowest BCUT2D eigenvalue weighted by atomic mass is 9.93. The zero-order valence-corrected chi connectivity index (χ0v) is 14.5. The SMILES string of the molecule is CCOc1ccc(NC(=O)C(C)(CC(C)C)OCC)c(C)n1. The highest BCUT2D eigenvalue weighted by atomic mass is 16.5. The highest BCUT2D eigenvalue weighted by Crippen LogP contribution is 2.25. The molecule has 0 aromatic carbocycles. The van der Waals surface area contributed by atoms with Gasteiger partial charge < -0.3 is 14.8 Å². The van der Waals surface area contributed by atoms with Crippen LogP contribution in [-0.4, -0.2) is 29.7 Å². The Kier molecular flexibility index (Phi) is 6.81. The maximum absolute atomic E-state index is 12.6. The second-order valence-electron chi connectivity index (χ2n) is 5.93. The molecule has 22 heavy (non-hydrogen) atoms. The van der Waals surface area contributed by atoms with E-state index in [4.69, 9.17) is 9.47 Å². The Labute approximate surface area is 133 Å². The van der Waals surface area contributed by atoms with Gasteiger partial charge in [0.1, 0.15) is 5.60 Å². The van der Waals surface area contributed by atoms with Crippen LogP contribution in [0, 0.1) is 12.8 Å². The number of nitrogens with one attached hydrogen (secondary N) is 1. The van der Waals surface area contributed by atoms with Gasteiger partial charge in [0.05, 0.1) is 18.0 Å². The third-order valence-corrected chi connectivity index (χ3v) is 3.34. The molecule has 0 aliphatic rings. The van der Waals surface area contributed by atoms with E-state index >= 15 is 0 Å². The molecular weight excluding hydrogens is 280 g/mol. The number of hydrogen-bond acceptors (Lipinski definition) is 4. The Hall–Kier alpha value is -1.62. The highest BCUT2D eigenvalue weighted by molar-refractivity contribution is 5.97. The number of ether oxygens (including phenoxy) is 2. The normalized spacial score (nSPS) is 13.8. The van der Waals surface area contributed by atoms with Gasteiger partial charge in [0.15, 0.2) is 0 Å². The molecule has 0 saturated carbocycles. The van der Waals surface area contributed by atoms with Gasteiger partial charge in [-0.15, -0.1) is 0 Å². The van der Waals surface area contributed by atoms with Crippen LogP contribution in [0.2, 0.25) is 0 Å². The standard InChI is InChI=1S/C17H28N2O3/c1-7-21-15-10-9-14(13(5)18-15)19-16(20)17(6,22-8-2)11-12(3)4/h9-10,12H,7-8,11H2,1-6H3,(H,19,20). The minimum atomic E-state index is -0.839. The first kappa shape index (κ1) is 18.4. The largest absolute Gasteiger partial charge is 0.478 e. The van der Waals surface area contributed by atoms with E-state index in [0.29, 0.717) is 37.1 Å². The van der Waals surface area contributed by atoms with Gasteiger partial charge in [-0.3, -0.25) is 4.79 Å². The monoisotopic (exact) mass is 308 g/mol. The number of nitrogens with zero attached hydrogens (tertiary/aromatic N) is 1. The number of aryl methyl sites for hydroxylation is 1. The lowest BCUT2D eigenvalue weighted by molar-refractivity contribution is -0.140. The number of aromatic nitrogens is 1. The zero-order valence-electron chi connectivity index (χ0n) is 14.5. The average Bonchev–Trinajstić information content (AvgIpc) is 2.41. The van der Waals surface area contributed by atoms with Crippen LogP contribution in [0.4, 0.5) is 5.69 Å². The van der Waals surface area contributed by atoms with Gasteiger partial charge in [0.2, 0.25) is 5.88 Å². The predicted molar refractivity (Wildman–Crippen MR) is 88.3 cm³/mol. The van der Waals surface area contributed by atoms with Crippen molar-refractivity contribution in [2.75, 3.05) is 18.5 Å². The average molecular weight is 308 g/mol. The summed E-state index contributed by atoms with van der Waals surface area (Å²) in [5.41, 5.74) is 0.569. The maximum Gasteiger partial charge on any atom is 0.256 e. The van der Waals surface area contributed by atoms with Crippen LogP contribution in [0.25, 0.3) is 0 Å². The molecule has 1 rings (SSSR count). The molecule has 1 atom stereocenters. The van der Waals surface area contributed by atoms with E-state index in [9.17, 15) is 4.79 Å². The molecule has 1 N–H and O–H groups in total. The Morgan fingerprint density at radius 2 is 2.00 bits per heavy atom. The van der Waals surface area contributed by atoms with Crippen molar-refractivity contribution < 1.29 is 14.3 Å². The number of pyridine rings is 1. The van der Waals surface area contributed by atoms with Crippen molar-refractivity contribution in [1.29, 1.82) is 0 Å². The van der Waals surface area contributed by atoms with Crippen molar-refractivity contribution >= 4 is 11.6 Å². The molecule has 0 saturated heterocycles. The lowest BCUT2D eigenvalue weighted by Crippen LogP contribution is -2.44. The van der Waals surface area contributed by atoms with Gasteiger partial charge in [-0.2, -0.15) is 0 Å². The van der Waals surface area contributed by atoms with E-state index < -0.39 is 5.60 Å². The summed E-state index contributed by atoms with van der Waals surface area (Å²) in [6.45, 7) is 12.7. The Morgan fingerprint density at radius 3 is 2.50 bits per heavy atom. The van der Waals surface area contributed by atoms with Crippen LogP contribution >= 0.6 is 0 Å². The first-order chi connectivity index (χ1) is 10.3. The predicted octanol–water partition coefficient (Wildman–Crippen LogP) is 3.57. The summed E-state index contributed by atoms with van der Waals surface area (Å²) >= 11 is 0. The third-order valence-electron chi connectivity index (χ3n) is 3.34. The topological polar surface area (TPSA) is 60.5 Å². The van der Waals surface area contributed by atoms with E-state index in [2.05, 4.69) is 24.1 Å². The lowest BCUT2D eigenvalue weighted by Gasteiger charge is -2.30.